The Balaban J connectivity index is 2.49. The summed E-state index contributed by atoms with van der Waals surface area (Å²) in [6.07, 6.45) is -0.549. The maximum absolute atomic E-state index is 14.0. The Morgan fingerprint density at radius 2 is 1.58 bits per heavy atom. The molecule has 0 aliphatic rings. The minimum absolute atomic E-state index is 0.0931. The maximum atomic E-state index is 14.0. The van der Waals surface area contributed by atoms with E-state index in [0.717, 1.165) is 11.1 Å². The number of hydrogen-bond donors (Lipinski definition) is 3. The number of amides is 3. The maximum Gasteiger partial charge on any atom is 0.408 e. The van der Waals surface area contributed by atoms with Crippen LogP contribution in [0.4, 0.5) is 4.79 Å². The standard InChI is InChI=1S/C28H39N3O5/c1-19(2)29-25(33)24(22-14-12-20(3)13-15-22)31(16-17-32)26(34)23(18-21-10-8-7-9-11-21)30-27(35)36-28(4,5)6/h7-15,19,23-24,32H,16-18H2,1-6H3,(H,29,33)(H,30,35). The van der Waals surface area contributed by atoms with Crippen LogP contribution in [0.2, 0.25) is 0 Å². The largest absolute Gasteiger partial charge is 0.444 e. The molecule has 3 amide bonds. The van der Waals surface area contributed by atoms with Crippen molar-refractivity contribution in [2.45, 2.75) is 71.7 Å². The van der Waals surface area contributed by atoms with Gasteiger partial charge in [-0.25, -0.2) is 4.79 Å². The van der Waals surface area contributed by atoms with Gasteiger partial charge >= 0.3 is 6.09 Å². The first-order valence-corrected chi connectivity index (χ1v) is 12.2. The van der Waals surface area contributed by atoms with E-state index in [1.165, 1.54) is 4.90 Å². The van der Waals surface area contributed by atoms with Crippen molar-refractivity contribution in [1.29, 1.82) is 0 Å². The van der Waals surface area contributed by atoms with Crippen molar-refractivity contribution < 1.29 is 24.2 Å². The molecule has 2 aromatic rings. The number of rotatable bonds is 10. The minimum atomic E-state index is -1.02. The van der Waals surface area contributed by atoms with E-state index < -0.39 is 29.7 Å². The first-order valence-electron chi connectivity index (χ1n) is 12.2. The Hall–Kier alpha value is -3.39. The number of ether oxygens (including phenoxy) is 1. The molecule has 0 saturated carbocycles. The monoisotopic (exact) mass is 497 g/mol. The van der Waals surface area contributed by atoms with Gasteiger partial charge in [0.2, 0.25) is 11.8 Å². The second-order valence-electron chi connectivity index (χ2n) is 10.1. The highest BCUT2D eigenvalue weighted by atomic mass is 16.6. The summed E-state index contributed by atoms with van der Waals surface area (Å²) in [5.74, 6) is -0.866. The summed E-state index contributed by atoms with van der Waals surface area (Å²) >= 11 is 0. The van der Waals surface area contributed by atoms with Gasteiger partial charge in [-0.05, 0) is 52.7 Å². The Kier molecular flexibility index (Phi) is 10.5. The van der Waals surface area contributed by atoms with Crippen molar-refractivity contribution in [2.24, 2.45) is 0 Å². The van der Waals surface area contributed by atoms with Gasteiger partial charge in [0.1, 0.15) is 17.7 Å². The van der Waals surface area contributed by atoms with Crippen molar-refractivity contribution in [1.82, 2.24) is 15.5 Å². The van der Waals surface area contributed by atoms with E-state index in [0.29, 0.717) is 5.56 Å². The number of hydrogen-bond acceptors (Lipinski definition) is 5. The first-order chi connectivity index (χ1) is 16.9. The number of nitrogens with zero attached hydrogens (tertiary/aromatic N) is 1. The average Bonchev–Trinajstić information content (AvgIpc) is 2.78. The number of aryl methyl sites for hydroxylation is 1. The van der Waals surface area contributed by atoms with Crippen LogP contribution in [0.1, 0.15) is 57.4 Å². The molecule has 3 N–H and O–H groups in total. The normalized spacial score (nSPS) is 13.0. The summed E-state index contributed by atoms with van der Waals surface area (Å²) in [4.78, 5) is 41.3. The molecule has 0 aliphatic heterocycles. The fourth-order valence-electron chi connectivity index (χ4n) is 3.76. The van der Waals surface area contributed by atoms with E-state index in [4.69, 9.17) is 4.74 Å². The van der Waals surface area contributed by atoms with Gasteiger partial charge in [0.05, 0.1) is 6.61 Å². The number of alkyl carbamates (subject to hydrolysis) is 1. The van der Waals surface area contributed by atoms with Crippen LogP contribution in [-0.2, 0) is 20.7 Å². The molecule has 2 atom stereocenters. The van der Waals surface area contributed by atoms with Crippen LogP contribution < -0.4 is 10.6 Å². The van der Waals surface area contributed by atoms with Gasteiger partial charge in [-0.3, -0.25) is 9.59 Å². The Morgan fingerprint density at radius 3 is 2.11 bits per heavy atom. The highest BCUT2D eigenvalue weighted by molar-refractivity contribution is 5.92. The van der Waals surface area contributed by atoms with Gasteiger partial charge in [0, 0.05) is 19.0 Å². The second-order valence-corrected chi connectivity index (χ2v) is 10.1. The predicted molar refractivity (Wildman–Crippen MR) is 139 cm³/mol. The quantitative estimate of drug-likeness (QED) is 0.466. The molecule has 0 heterocycles. The number of carbonyl (C=O) groups excluding carboxylic acids is 3. The lowest BCUT2D eigenvalue weighted by molar-refractivity contribution is -0.143. The third kappa shape index (κ3) is 9.00. The Bertz CT molecular complexity index is 1000. The molecule has 0 radical (unpaired) electrons. The molecule has 0 fully saturated rings. The van der Waals surface area contributed by atoms with Gasteiger partial charge in [0.25, 0.3) is 0 Å². The van der Waals surface area contributed by atoms with E-state index in [2.05, 4.69) is 10.6 Å². The van der Waals surface area contributed by atoms with Crippen LogP contribution in [0.5, 0.6) is 0 Å². The molecule has 0 aliphatic carbocycles. The SMILES string of the molecule is Cc1ccc(C(C(=O)NC(C)C)N(CCO)C(=O)C(Cc2ccccc2)NC(=O)OC(C)(C)C)cc1. The molecule has 196 valence electrons. The van der Waals surface area contributed by atoms with E-state index in [9.17, 15) is 19.5 Å². The number of benzene rings is 2. The van der Waals surface area contributed by atoms with E-state index in [1.54, 1.807) is 32.9 Å². The summed E-state index contributed by atoms with van der Waals surface area (Å²) < 4.78 is 5.40. The zero-order valence-corrected chi connectivity index (χ0v) is 22.1. The van der Waals surface area contributed by atoms with E-state index in [-0.39, 0.29) is 31.5 Å². The van der Waals surface area contributed by atoms with Crippen LogP contribution in [0.3, 0.4) is 0 Å². The Morgan fingerprint density at radius 1 is 0.972 bits per heavy atom. The fraction of sp³-hybridized carbons (Fsp3) is 0.464. The number of aliphatic hydroxyl groups is 1. The van der Waals surface area contributed by atoms with Crippen LogP contribution in [-0.4, -0.2) is 58.8 Å². The lowest BCUT2D eigenvalue weighted by atomic mass is 9.99. The molecule has 2 rings (SSSR count). The number of aliphatic hydroxyl groups excluding tert-OH is 1. The molecule has 8 heteroatoms. The second kappa shape index (κ2) is 13.1. The molecule has 0 saturated heterocycles. The lowest BCUT2D eigenvalue weighted by Gasteiger charge is -2.34. The van der Waals surface area contributed by atoms with Crippen molar-refractivity contribution in [3.05, 3.63) is 71.3 Å². The van der Waals surface area contributed by atoms with Gasteiger partial charge in [-0.2, -0.15) is 0 Å². The average molecular weight is 498 g/mol. The highest BCUT2D eigenvalue weighted by Gasteiger charge is 2.36. The van der Waals surface area contributed by atoms with Crippen LogP contribution >= 0.6 is 0 Å². The molecular weight excluding hydrogens is 458 g/mol. The molecule has 8 nitrogen and oxygen atoms in total. The van der Waals surface area contributed by atoms with E-state index >= 15 is 0 Å². The summed E-state index contributed by atoms with van der Waals surface area (Å²) in [6, 6.07) is 14.4. The molecule has 36 heavy (non-hydrogen) atoms. The zero-order chi connectivity index (χ0) is 26.9. The van der Waals surface area contributed by atoms with Crippen LogP contribution in [0.15, 0.2) is 54.6 Å². The first kappa shape index (κ1) is 28.8. The molecular formula is C28H39N3O5. The summed E-state index contributed by atoms with van der Waals surface area (Å²) in [5, 5.41) is 15.4. The Labute approximate surface area is 214 Å². The zero-order valence-electron chi connectivity index (χ0n) is 22.1. The molecule has 2 aromatic carbocycles. The number of nitrogens with one attached hydrogen (secondary N) is 2. The van der Waals surface area contributed by atoms with Gasteiger partial charge in [-0.15, -0.1) is 0 Å². The predicted octanol–water partition coefficient (Wildman–Crippen LogP) is 3.52. The fourth-order valence-corrected chi connectivity index (χ4v) is 3.76. The molecule has 2 unspecified atom stereocenters. The highest BCUT2D eigenvalue weighted by Crippen LogP contribution is 2.24. The van der Waals surface area contributed by atoms with Crippen molar-refractivity contribution in [2.75, 3.05) is 13.2 Å². The molecule has 0 aromatic heterocycles. The molecule has 0 spiro atoms. The van der Waals surface area contributed by atoms with Crippen molar-refractivity contribution in [3.63, 3.8) is 0 Å². The third-order valence-corrected chi connectivity index (χ3v) is 5.28. The van der Waals surface area contributed by atoms with Gasteiger partial charge < -0.3 is 25.4 Å². The van der Waals surface area contributed by atoms with Crippen LogP contribution in [0.25, 0.3) is 0 Å². The topological polar surface area (TPSA) is 108 Å². The minimum Gasteiger partial charge on any atom is -0.444 e. The summed E-state index contributed by atoms with van der Waals surface area (Å²) in [5.41, 5.74) is 1.69. The van der Waals surface area contributed by atoms with Crippen molar-refractivity contribution >= 4 is 17.9 Å². The third-order valence-electron chi connectivity index (χ3n) is 5.28. The summed E-state index contributed by atoms with van der Waals surface area (Å²) in [6.45, 7) is 10.4. The van der Waals surface area contributed by atoms with Crippen molar-refractivity contribution in [3.8, 4) is 0 Å². The summed E-state index contributed by atoms with van der Waals surface area (Å²) in [7, 11) is 0. The lowest BCUT2D eigenvalue weighted by Crippen LogP contribution is -2.54. The smallest absolute Gasteiger partial charge is 0.408 e. The molecule has 0 bridgehead atoms. The van der Waals surface area contributed by atoms with E-state index in [1.807, 2.05) is 63.2 Å². The van der Waals surface area contributed by atoms with Gasteiger partial charge in [0.15, 0.2) is 0 Å². The van der Waals surface area contributed by atoms with Crippen LogP contribution in [0, 0.1) is 6.92 Å². The van der Waals surface area contributed by atoms with Gasteiger partial charge in [-0.1, -0.05) is 60.2 Å². The number of carbonyl (C=O) groups is 3.